The number of piperazine rings is 1. The number of anilines is 1. The topological polar surface area (TPSA) is 82.2 Å². The Hall–Kier alpha value is -2.89. The van der Waals surface area contributed by atoms with Crippen LogP contribution in [0.15, 0.2) is 24.3 Å². The van der Waals surface area contributed by atoms with Crippen molar-refractivity contribution in [2.24, 2.45) is 11.8 Å². The molecule has 1 N–H and O–H groups in total. The Morgan fingerprint density at radius 3 is 2.47 bits per heavy atom. The van der Waals surface area contributed by atoms with Gasteiger partial charge in [0.2, 0.25) is 5.91 Å². The van der Waals surface area contributed by atoms with Crippen LogP contribution < -0.4 is 10.2 Å². The summed E-state index contributed by atoms with van der Waals surface area (Å²) in [5.74, 6) is 1.81. The van der Waals surface area contributed by atoms with Crippen molar-refractivity contribution in [3.8, 4) is 12.3 Å². The summed E-state index contributed by atoms with van der Waals surface area (Å²) in [7, 11) is 0. The van der Waals surface area contributed by atoms with E-state index in [9.17, 15) is 14.4 Å². The highest BCUT2D eigenvalue weighted by Gasteiger charge is 2.52. The molecule has 3 saturated heterocycles. The number of nitrogens with zero attached hydrogens (tertiary/aromatic N) is 3. The van der Waals surface area contributed by atoms with E-state index < -0.39 is 18.2 Å². The third-order valence-corrected chi connectivity index (χ3v) is 7.40. The van der Waals surface area contributed by atoms with E-state index in [1.165, 1.54) is 4.90 Å². The smallest absolute Gasteiger partial charge is 0.251 e. The lowest BCUT2D eigenvalue weighted by atomic mass is 10.0. The van der Waals surface area contributed by atoms with Gasteiger partial charge in [-0.3, -0.25) is 19.3 Å². The number of ketones is 1. The summed E-state index contributed by atoms with van der Waals surface area (Å²) >= 11 is 0. The number of hydrogen-bond acceptors (Lipinski definition) is 6. The third kappa shape index (κ3) is 5.58. The zero-order valence-electron chi connectivity index (χ0n) is 21.6. The van der Waals surface area contributed by atoms with Gasteiger partial charge in [-0.05, 0) is 49.6 Å². The maximum Gasteiger partial charge on any atom is 0.251 e. The van der Waals surface area contributed by atoms with Gasteiger partial charge in [0.15, 0.2) is 5.78 Å². The van der Waals surface area contributed by atoms with Crippen molar-refractivity contribution in [3.63, 3.8) is 0 Å². The molecule has 3 aliphatic rings. The van der Waals surface area contributed by atoms with E-state index in [2.05, 4.69) is 28.0 Å². The van der Waals surface area contributed by atoms with Crippen LogP contribution in [0.5, 0.6) is 0 Å². The van der Waals surface area contributed by atoms with E-state index >= 15 is 0 Å². The minimum Gasteiger partial charge on any atom is -0.369 e. The van der Waals surface area contributed by atoms with Gasteiger partial charge in [-0.2, -0.15) is 0 Å². The van der Waals surface area contributed by atoms with E-state index in [4.69, 9.17) is 11.2 Å². The summed E-state index contributed by atoms with van der Waals surface area (Å²) in [5, 5.41) is 2.93. The lowest BCUT2D eigenvalue weighted by Crippen LogP contribution is -2.52. The molecule has 4 rings (SSSR count). The van der Waals surface area contributed by atoms with Gasteiger partial charge in [0, 0.05) is 44.0 Å². The Morgan fingerprint density at radius 1 is 1.17 bits per heavy atom. The first-order valence-corrected chi connectivity index (χ1v) is 13.1. The van der Waals surface area contributed by atoms with E-state index in [0.29, 0.717) is 12.0 Å². The first kappa shape index (κ1) is 26.2. The molecule has 3 fully saturated rings. The highest BCUT2D eigenvalue weighted by molar-refractivity contribution is 5.99. The van der Waals surface area contributed by atoms with E-state index in [1.807, 2.05) is 38.1 Å². The first-order valence-electron chi connectivity index (χ1n) is 13.1. The second kappa shape index (κ2) is 11.4. The number of nitrogens with one attached hydrogen (secondary N) is 1. The number of hydrogen-bond donors (Lipinski definition) is 1. The lowest BCUT2D eigenvalue weighted by molar-refractivity contribution is -0.138. The van der Waals surface area contributed by atoms with Crippen LogP contribution in [0.1, 0.15) is 44.0 Å². The second-order valence-corrected chi connectivity index (χ2v) is 10.5. The molecule has 0 saturated carbocycles. The van der Waals surface area contributed by atoms with E-state index in [-0.39, 0.29) is 42.6 Å². The first-order chi connectivity index (χ1) is 17.3. The second-order valence-electron chi connectivity index (χ2n) is 10.5. The van der Waals surface area contributed by atoms with Crippen LogP contribution in [0.4, 0.5) is 5.69 Å². The summed E-state index contributed by atoms with van der Waals surface area (Å²) < 4.78 is 5.58. The van der Waals surface area contributed by atoms with Gasteiger partial charge in [-0.15, -0.1) is 6.42 Å². The van der Waals surface area contributed by atoms with Crippen molar-refractivity contribution < 1.29 is 19.1 Å². The van der Waals surface area contributed by atoms with Gasteiger partial charge in [-0.25, -0.2) is 0 Å². The number of likely N-dealkylation sites (tertiary alicyclic amines) is 1. The van der Waals surface area contributed by atoms with Crippen LogP contribution in [0, 0.1) is 24.2 Å². The predicted octanol–water partition coefficient (Wildman–Crippen LogP) is 1.79. The molecule has 8 nitrogen and oxygen atoms in total. The van der Waals surface area contributed by atoms with Crippen molar-refractivity contribution in [1.29, 1.82) is 0 Å². The zero-order chi connectivity index (χ0) is 25.8. The molecule has 1 aromatic rings. The van der Waals surface area contributed by atoms with Gasteiger partial charge < -0.3 is 19.9 Å². The predicted molar refractivity (Wildman–Crippen MR) is 139 cm³/mol. The van der Waals surface area contributed by atoms with Crippen molar-refractivity contribution in [2.75, 3.05) is 50.8 Å². The minimum absolute atomic E-state index is 0.0293. The van der Waals surface area contributed by atoms with E-state index in [0.717, 1.165) is 44.8 Å². The minimum atomic E-state index is -0.741. The average molecular weight is 495 g/mol. The summed E-state index contributed by atoms with van der Waals surface area (Å²) in [6.07, 6.45) is 6.81. The molecule has 8 heteroatoms. The fourth-order valence-corrected chi connectivity index (χ4v) is 5.53. The zero-order valence-corrected chi connectivity index (χ0v) is 21.6. The Labute approximate surface area is 214 Å². The Balaban J connectivity index is 1.42. The number of amides is 2. The maximum atomic E-state index is 13.6. The highest BCUT2D eigenvalue weighted by atomic mass is 16.5. The van der Waals surface area contributed by atoms with Crippen molar-refractivity contribution in [1.82, 2.24) is 15.1 Å². The molecule has 0 aliphatic carbocycles. The number of carbonyl (C=O) groups excluding carboxylic acids is 3. The standard InChI is InChI=1S/C28H38N4O4/c1-5-11-30-12-14-31(15-13-30)22-9-7-21(8-10-22)27(34)29-23(16-19(3)4)28(35)32-17-20(6-2)26-25(32)24(33)18-36-26/h2,7-10,19-20,23,25-26H,5,11-18H2,1,3-4H3,(H,29,34). The third-order valence-electron chi connectivity index (χ3n) is 7.40. The Bertz CT molecular complexity index is 994. The van der Waals surface area contributed by atoms with Crippen LogP contribution in [0.2, 0.25) is 0 Å². The number of terminal acetylenes is 1. The molecule has 1 aromatic carbocycles. The van der Waals surface area contributed by atoms with Gasteiger partial charge in [0.1, 0.15) is 24.8 Å². The quantitative estimate of drug-likeness (QED) is 0.555. The van der Waals surface area contributed by atoms with Gasteiger partial charge in [0.05, 0.1) is 5.92 Å². The van der Waals surface area contributed by atoms with Crippen LogP contribution >= 0.6 is 0 Å². The summed E-state index contributed by atoms with van der Waals surface area (Å²) in [6, 6.07) is 6.17. The van der Waals surface area contributed by atoms with Crippen LogP contribution in [-0.2, 0) is 14.3 Å². The SMILES string of the molecule is C#CC1CN(C(=O)C(CC(C)C)NC(=O)c2ccc(N3CCN(CCC)CC3)cc2)C2C(=O)COC12. The van der Waals surface area contributed by atoms with Crippen LogP contribution in [0.3, 0.4) is 0 Å². The molecule has 0 spiro atoms. The Kier molecular flexibility index (Phi) is 8.32. The summed E-state index contributed by atoms with van der Waals surface area (Å²) in [4.78, 5) is 45.5. The molecule has 36 heavy (non-hydrogen) atoms. The number of fused-ring (bicyclic) bond motifs is 1. The molecule has 3 heterocycles. The van der Waals surface area contributed by atoms with Gasteiger partial charge >= 0.3 is 0 Å². The average Bonchev–Trinajstić information content (AvgIpc) is 3.44. The number of benzene rings is 1. The van der Waals surface area contributed by atoms with Gasteiger partial charge in [-0.1, -0.05) is 26.7 Å². The maximum absolute atomic E-state index is 13.6. The molecular weight excluding hydrogens is 456 g/mol. The van der Waals surface area contributed by atoms with Crippen LogP contribution in [0.25, 0.3) is 0 Å². The molecule has 0 aromatic heterocycles. The fourth-order valence-electron chi connectivity index (χ4n) is 5.53. The van der Waals surface area contributed by atoms with Crippen molar-refractivity contribution in [3.05, 3.63) is 29.8 Å². The van der Waals surface area contributed by atoms with Crippen molar-refractivity contribution in [2.45, 2.75) is 51.8 Å². The van der Waals surface area contributed by atoms with E-state index in [1.54, 1.807) is 0 Å². The lowest BCUT2D eigenvalue weighted by Gasteiger charge is -2.36. The monoisotopic (exact) mass is 494 g/mol. The molecule has 0 bridgehead atoms. The molecule has 0 radical (unpaired) electrons. The Morgan fingerprint density at radius 2 is 1.86 bits per heavy atom. The normalized spacial score (nSPS) is 25.1. The molecule has 194 valence electrons. The highest BCUT2D eigenvalue weighted by Crippen LogP contribution is 2.32. The number of Topliss-reactive ketones (excluding diaryl/α,β-unsaturated/α-hetero) is 1. The fraction of sp³-hybridized carbons (Fsp3) is 0.607. The molecule has 4 unspecified atom stereocenters. The molecule has 2 amide bonds. The van der Waals surface area contributed by atoms with Crippen LogP contribution in [-0.4, -0.2) is 91.5 Å². The number of ether oxygens (including phenoxy) is 1. The molecular formula is C28H38N4O4. The summed E-state index contributed by atoms with van der Waals surface area (Å²) in [6.45, 7) is 11.6. The number of rotatable bonds is 8. The molecule has 3 aliphatic heterocycles. The van der Waals surface area contributed by atoms with Crippen molar-refractivity contribution >= 4 is 23.3 Å². The molecule has 4 atom stereocenters. The van der Waals surface area contributed by atoms with Gasteiger partial charge in [0.25, 0.3) is 5.91 Å². The summed E-state index contributed by atoms with van der Waals surface area (Å²) in [5.41, 5.74) is 1.60. The number of carbonyl (C=O) groups is 3. The largest absolute Gasteiger partial charge is 0.369 e.